The lowest BCUT2D eigenvalue weighted by molar-refractivity contribution is 0.0737. The molecular weight excluding hydrogens is 420 g/mol. The van der Waals surface area contributed by atoms with Gasteiger partial charge in [-0.25, -0.2) is 8.42 Å². The van der Waals surface area contributed by atoms with Crippen molar-refractivity contribution in [3.05, 3.63) is 64.7 Å². The fourth-order valence-corrected chi connectivity index (χ4v) is 8.15. The van der Waals surface area contributed by atoms with Crippen LogP contribution in [0.15, 0.2) is 47.4 Å². The summed E-state index contributed by atoms with van der Waals surface area (Å²) in [5.41, 5.74) is 3.30. The summed E-state index contributed by atoms with van der Waals surface area (Å²) in [6.45, 7) is 9.31. The van der Waals surface area contributed by atoms with Gasteiger partial charge in [-0.05, 0) is 71.8 Å². The summed E-state index contributed by atoms with van der Waals surface area (Å²) >= 11 is 0. The zero-order valence-corrected chi connectivity index (χ0v) is 20.1. The smallest absolute Gasteiger partial charge is 0.251 e. The predicted octanol–water partition coefficient (Wildman–Crippen LogP) is 4.64. The van der Waals surface area contributed by atoms with Gasteiger partial charge >= 0.3 is 0 Å². The highest BCUT2D eigenvalue weighted by atomic mass is 32.2. The third-order valence-electron chi connectivity index (χ3n) is 8.43. The number of hydrogen-bond acceptors (Lipinski definition) is 3. The van der Waals surface area contributed by atoms with Crippen molar-refractivity contribution >= 4 is 15.9 Å². The maximum absolute atomic E-state index is 13.5. The summed E-state index contributed by atoms with van der Waals surface area (Å²) in [7, 11) is -3.71. The Labute approximate surface area is 191 Å². The van der Waals surface area contributed by atoms with E-state index >= 15 is 0 Å². The SMILES string of the molecule is Cc1ccc(C(=O)NC2C(C)(C)[C@H]3CC[C@@]2(C)C3)cc1S(=O)(=O)N1Cc2ccccc2C1. The molecule has 3 atom stereocenters. The number of fused-ring (bicyclic) bond motifs is 3. The Bertz CT molecular complexity index is 1170. The van der Waals surface area contributed by atoms with E-state index in [-0.39, 0.29) is 27.7 Å². The number of benzene rings is 2. The largest absolute Gasteiger partial charge is 0.348 e. The first-order chi connectivity index (χ1) is 15.0. The van der Waals surface area contributed by atoms with E-state index in [1.54, 1.807) is 25.1 Å². The van der Waals surface area contributed by atoms with Crippen LogP contribution < -0.4 is 5.32 Å². The second kappa shape index (κ2) is 7.16. The molecule has 1 heterocycles. The Morgan fingerprint density at radius 2 is 1.72 bits per heavy atom. The van der Waals surface area contributed by atoms with Crippen LogP contribution in [-0.4, -0.2) is 24.7 Å². The van der Waals surface area contributed by atoms with E-state index < -0.39 is 10.0 Å². The van der Waals surface area contributed by atoms with Crippen molar-refractivity contribution < 1.29 is 13.2 Å². The van der Waals surface area contributed by atoms with Gasteiger partial charge in [-0.2, -0.15) is 4.31 Å². The number of carbonyl (C=O) groups excluding carboxylic acids is 1. The summed E-state index contributed by atoms with van der Waals surface area (Å²) in [5, 5.41) is 3.29. The molecule has 1 aliphatic heterocycles. The highest BCUT2D eigenvalue weighted by Crippen LogP contribution is 2.62. The highest BCUT2D eigenvalue weighted by molar-refractivity contribution is 7.89. The van der Waals surface area contributed by atoms with Gasteiger partial charge < -0.3 is 5.32 Å². The molecule has 1 N–H and O–H groups in total. The topological polar surface area (TPSA) is 66.5 Å². The highest BCUT2D eigenvalue weighted by Gasteiger charge is 2.59. The van der Waals surface area contributed by atoms with Gasteiger partial charge in [0.25, 0.3) is 5.91 Å². The summed E-state index contributed by atoms with van der Waals surface area (Å²) in [4.78, 5) is 13.5. The number of rotatable bonds is 4. The molecule has 0 spiro atoms. The Kier molecular flexibility index (Phi) is 4.84. The number of nitrogens with zero attached hydrogens (tertiary/aromatic N) is 1. The number of aryl methyl sites for hydroxylation is 1. The standard InChI is InChI=1S/C26H32N2O3S/c1-17-9-10-18(23(29)27-24-25(2,3)21-11-12-26(24,4)14-21)13-22(17)32(30,31)28-15-19-7-5-6-8-20(19)16-28/h5-10,13,21,24H,11-12,14-16H2,1-4H3,(H,27,29)/t21-,24?,26-/m0/s1. The van der Waals surface area contributed by atoms with Crippen LogP contribution in [0.1, 0.15) is 67.1 Å². The van der Waals surface area contributed by atoms with Crippen LogP contribution in [0.5, 0.6) is 0 Å². The van der Waals surface area contributed by atoms with Crippen LogP contribution in [-0.2, 0) is 23.1 Å². The average Bonchev–Trinajstić information content (AvgIpc) is 3.40. The fraction of sp³-hybridized carbons (Fsp3) is 0.500. The predicted molar refractivity (Wildman–Crippen MR) is 125 cm³/mol. The van der Waals surface area contributed by atoms with Crippen molar-refractivity contribution in [1.82, 2.24) is 9.62 Å². The first kappa shape index (κ1) is 21.7. The molecule has 0 radical (unpaired) electrons. The minimum Gasteiger partial charge on any atom is -0.348 e. The molecule has 0 saturated heterocycles. The molecule has 2 saturated carbocycles. The van der Waals surface area contributed by atoms with Crippen LogP contribution in [0.4, 0.5) is 0 Å². The van der Waals surface area contributed by atoms with E-state index in [9.17, 15) is 13.2 Å². The van der Waals surface area contributed by atoms with Crippen LogP contribution >= 0.6 is 0 Å². The maximum Gasteiger partial charge on any atom is 0.251 e. The molecule has 5 nitrogen and oxygen atoms in total. The Hall–Kier alpha value is -2.18. The van der Waals surface area contributed by atoms with Gasteiger partial charge in [0.2, 0.25) is 10.0 Å². The van der Waals surface area contributed by atoms with Crippen molar-refractivity contribution in [2.75, 3.05) is 0 Å². The second-order valence-corrected chi connectivity index (χ2v) is 12.8. The molecule has 2 bridgehead atoms. The molecule has 32 heavy (non-hydrogen) atoms. The zero-order chi connectivity index (χ0) is 22.9. The molecule has 2 aliphatic carbocycles. The summed E-state index contributed by atoms with van der Waals surface area (Å²) in [6, 6.07) is 13.0. The molecule has 1 amide bonds. The minimum absolute atomic E-state index is 0.0452. The van der Waals surface area contributed by atoms with E-state index in [0.29, 0.717) is 30.1 Å². The molecule has 2 aromatic carbocycles. The third-order valence-corrected chi connectivity index (χ3v) is 10.4. The van der Waals surface area contributed by atoms with Gasteiger partial charge in [-0.3, -0.25) is 4.79 Å². The van der Waals surface area contributed by atoms with Crippen LogP contribution in [0, 0.1) is 23.7 Å². The Morgan fingerprint density at radius 3 is 2.31 bits per heavy atom. The van der Waals surface area contributed by atoms with E-state index in [1.807, 2.05) is 24.3 Å². The van der Waals surface area contributed by atoms with Gasteiger partial charge in [0.15, 0.2) is 0 Å². The molecule has 2 aromatic rings. The van der Waals surface area contributed by atoms with Crippen LogP contribution in [0.3, 0.4) is 0 Å². The fourth-order valence-electron chi connectivity index (χ4n) is 6.51. The molecule has 6 heteroatoms. The lowest BCUT2D eigenvalue weighted by atomic mass is 9.68. The normalized spacial score (nSPS) is 28.6. The second-order valence-electron chi connectivity index (χ2n) is 10.8. The van der Waals surface area contributed by atoms with E-state index in [0.717, 1.165) is 24.0 Å². The molecular formula is C26H32N2O3S. The quantitative estimate of drug-likeness (QED) is 0.735. The molecule has 5 rings (SSSR count). The van der Waals surface area contributed by atoms with Crippen molar-refractivity contribution in [1.29, 1.82) is 0 Å². The maximum atomic E-state index is 13.5. The zero-order valence-electron chi connectivity index (χ0n) is 19.3. The van der Waals surface area contributed by atoms with E-state index in [4.69, 9.17) is 0 Å². The number of amides is 1. The first-order valence-corrected chi connectivity index (χ1v) is 12.9. The van der Waals surface area contributed by atoms with Gasteiger partial charge in [0, 0.05) is 24.7 Å². The van der Waals surface area contributed by atoms with Crippen LogP contribution in [0.25, 0.3) is 0 Å². The number of hydrogen-bond donors (Lipinski definition) is 1. The van der Waals surface area contributed by atoms with Gasteiger partial charge in [-0.15, -0.1) is 0 Å². The lowest BCUT2D eigenvalue weighted by Crippen LogP contribution is -2.52. The van der Waals surface area contributed by atoms with Crippen LogP contribution in [0.2, 0.25) is 0 Å². The van der Waals surface area contributed by atoms with Gasteiger partial charge in [-0.1, -0.05) is 51.1 Å². The molecule has 0 aromatic heterocycles. The van der Waals surface area contributed by atoms with E-state index in [1.165, 1.54) is 10.7 Å². The summed E-state index contributed by atoms with van der Waals surface area (Å²) in [5.74, 6) is 0.446. The van der Waals surface area contributed by atoms with E-state index in [2.05, 4.69) is 26.1 Å². The van der Waals surface area contributed by atoms with Crippen molar-refractivity contribution in [2.45, 2.75) is 71.0 Å². The third kappa shape index (κ3) is 3.22. The average molecular weight is 453 g/mol. The summed E-state index contributed by atoms with van der Waals surface area (Å²) in [6.07, 6.45) is 3.50. The van der Waals surface area contributed by atoms with Crippen molar-refractivity contribution in [2.24, 2.45) is 16.7 Å². The molecule has 170 valence electrons. The minimum atomic E-state index is -3.71. The molecule has 2 fully saturated rings. The Morgan fingerprint density at radius 1 is 1.06 bits per heavy atom. The number of nitrogens with one attached hydrogen (secondary N) is 1. The Balaban J connectivity index is 1.41. The first-order valence-electron chi connectivity index (χ1n) is 11.5. The molecule has 3 aliphatic rings. The monoisotopic (exact) mass is 452 g/mol. The lowest BCUT2D eigenvalue weighted by Gasteiger charge is -2.43. The summed E-state index contributed by atoms with van der Waals surface area (Å²) < 4.78 is 28.5. The number of sulfonamides is 1. The van der Waals surface area contributed by atoms with Crippen molar-refractivity contribution in [3.8, 4) is 0 Å². The number of carbonyl (C=O) groups is 1. The molecule has 1 unspecified atom stereocenters. The van der Waals surface area contributed by atoms with Gasteiger partial charge in [0.05, 0.1) is 4.90 Å². The van der Waals surface area contributed by atoms with Gasteiger partial charge in [0.1, 0.15) is 0 Å². The van der Waals surface area contributed by atoms with Crippen molar-refractivity contribution in [3.63, 3.8) is 0 Å².